The Balaban J connectivity index is 0.000000236. The number of hydrogen-bond acceptors (Lipinski definition) is 10. The van der Waals surface area contributed by atoms with E-state index >= 15 is 0 Å². The SMILES string of the molecule is CCC(C)(C)C(=O)OC1(C)COC(O)(C(F)(F)F)C1(F)F.CCC(C)(C)C(=O)OC1C2CC3C1OC(=O)C3C2C(=O)OC. The van der Waals surface area contributed by atoms with Crippen molar-refractivity contribution in [1.82, 2.24) is 0 Å². The highest BCUT2D eigenvalue weighted by atomic mass is 19.4. The van der Waals surface area contributed by atoms with Gasteiger partial charge < -0.3 is 28.8 Å². The van der Waals surface area contributed by atoms with Gasteiger partial charge in [-0.25, -0.2) is 0 Å². The summed E-state index contributed by atoms with van der Waals surface area (Å²) < 4.78 is 90.3. The highest BCUT2D eigenvalue weighted by Crippen LogP contribution is 2.59. The van der Waals surface area contributed by atoms with E-state index in [1.807, 2.05) is 20.8 Å². The number of carbonyl (C=O) groups is 4. The first-order valence-electron chi connectivity index (χ1n) is 14.0. The monoisotopic (exact) mass is 630 g/mol. The summed E-state index contributed by atoms with van der Waals surface area (Å²) >= 11 is 0. The lowest BCUT2D eigenvalue weighted by Gasteiger charge is -2.37. The summed E-state index contributed by atoms with van der Waals surface area (Å²) in [5.74, 6) is -12.9. The minimum Gasteiger partial charge on any atom is -0.469 e. The van der Waals surface area contributed by atoms with Gasteiger partial charge in [-0.3, -0.25) is 19.2 Å². The average Bonchev–Trinajstić information content (AvgIpc) is 3.58. The first kappa shape index (κ1) is 34.9. The standard InChI is InChI=1S/C16H22O6.C12H17F5O4/c1-5-16(2,3)15(19)22-12-7-6-8-10(9(7)13(17)20-4)14(18)21-11(8)12;1-5-8(2,3)7(18)21-9(4)6-20-11(19,10(9,13)14)12(15,16)17/h7-12H,5-6H2,1-4H3;19H,5-6H2,1-4H3. The Kier molecular flexibility index (Phi) is 9.03. The van der Waals surface area contributed by atoms with Gasteiger partial charge in [-0.05, 0) is 53.9 Å². The highest BCUT2D eigenvalue weighted by molar-refractivity contribution is 5.86. The number of methoxy groups -OCH3 is 1. The predicted octanol–water partition coefficient (Wildman–Crippen LogP) is 3.96. The first-order valence-corrected chi connectivity index (χ1v) is 14.0. The second-order valence-electron chi connectivity index (χ2n) is 13.0. The fraction of sp³-hybridized carbons (Fsp3) is 0.857. The number of hydrogen-bond donors (Lipinski definition) is 1. The largest absolute Gasteiger partial charge is 0.469 e. The zero-order valence-electron chi connectivity index (χ0n) is 25.3. The zero-order valence-corrected chi connectivity index (χ0v) is 25.3. The van der Waals surface area contributed by atoms with Gasteiger partial charge in [-0.2, -0.15) is 22.0 Å². The second-order valence-corrected chi connectivity index (χ2v) is 13.0. The number of aliphatic hydroxyl groups is 1. The van der Waals surface area contributed by atoms with Crippen molar-refractivity contribution in [1.29, 1.82) is 0 Å². The maximum absolute atomic E-state index is 14.0. The van der Waals surface area contributed by atoms with Crippen molar-refractivity contribution >= 4 is 23.9 Å². The number of halogens is 5. The van der Waals surface area contributed by atoms with Crippen molar-refractivity contribution in [3.05, 3.63) is 0 Å². The van der Waals surface area contributed by atoms with E-state index in [9.17, 15) is 46.2 Å². The van der Waals surface area contributed by atoms with Crippen LogP contribution in [0.15, 0.2) is 0 Å². The van der Waals surface area contributed by atoms with Gasteiger partial charge in [0.1, 0.15) is 12.2 Å². The number of ether oxygens (including phenoxy) is 5. The van der Waals surface area contributed by atoms with Crippen molar-refractivity contribution in [2.24, 2.45) is 34.5 Å². The van der Waals surface area contributed by atoms with Gasteiger partial charge in [0.05, 0.1) is 36.4 Å². The topological polar surface area (TPSA) is 135 Å². The van der Waals surface area contributed by atoms with Gasteiger partial charge in [0, 0.05) is 11.8 Å². The minimum atomic E-state index is -5.74. The molecule has 10 nitrogen and oxygen atoms in total. The average molecular weight is 631 g/mol. The van der Waals surface area contributed by atoms with Crippen molar-refractivity contribution in [2.75, 3.05) is 13.7 Å². The molecule has 8 unspecified atom stereocenters. The van der Waals surface area contributed by atoms with Gasteiger partial charge in [-0.15, -0.1) is 0 Å². The van der Waals surface area contributed by atoms with E-state index in [-0.39, 0.29) is 30.2 Å². The molecule has 4 rings (SSSR count). The van der Waals surface area contributed by atoms with Gasteiger partial charge in [-0.1, -0.05) is 13.8 Å². The Morgan fingerprint density at radius 1 is 1.00 bits per heavy atom. The van der Waals surface area contributed by atoms with Gasteiger partial charge in [0.2, 0.25) is 5.60 Å². The maximum Gasteiger partial charge on any atom is 0.449 e. The Hall–Kier alpha value is -2.55. The third kappa shape index (κ3) is 5.48. The molecule has 0 aromatic carbocycles. The summed E-state index contributed by atoms with van der Waals surface area (Å²) in [6.07, 6.45) is -5.11. The summed E-state index contributed by atoms with van der Waals surface area (Å²) in [5.41, 5.74) is -4.66. The molecule has 2 heterocycles. The summed E-state index contributed by atoms with van der Waals surface area (Å²) in [6, 6.07) is 0. The van der Waals surface area contributed by atoms with Gasteiger partial charge >= 0.3 is 41.8 Å². The van der Waals surface area contributed by atoms with Crippen LogP contribution in [0.3, 0.4) is 0 Å². The fourth-order valence-electron chi connectivity index (χ4n) is 5.65. The van der Waals surface area contributed by atoms with Gasteiger partial charge in [0.25, 0.3) is 0 Å². The van der Waals surface area contributed by atoms with Crippen LogP contribution in [0, 0.1) is 34.5 Å². The van der Waals surface area contributed by atoms with E-state index in [2.05, 4.69) is 9.47 Å². The van der Waals surface area contributed by atoms with E-state index in [0.717, 1.165) is 0 Å². The molecule has 0 radical (unpaired) electrons. The van der Waals surface area contributed by atoms with Crippen LogP contribution < -0.4 is 0 Å². The molecule has 2 saturated carbocycles. The number of esters is 4. The lowest BCUT2D eigenvalue weighted by atomic mass is 9.78. The molecule has 2 aliphatic heterocycles. The molecule has 0 aromatic heterocycles. The summed E-state index contributed by atoms with van der Waals surface area (Å²) in [6.45, 7) is 9.30. The smallest absolute Gasteiger partial charge is 0.449 e. The zero-order chi connectivity index (χ0) is 33.1. The number of fused-ring (bicyclic) bond motifs is 1. The van der Waals surface area contributed by atoms with E-state index in [4.69, 9.17) is 14.2 Å². The van der Waals surface area contributed by atoms with E-state index < -0.39 is 76.9 Å². The molecule has 4 fully saturated rings. The molecule has 43 heavy (non-hydrogen) atoms. The molecule has 0 amide bonds. The number of carbonyl (C=O) groups excluding carboxylic acids is 4. The van der Waals surface area contributed by atoms with Crippen LogP contribution in [0.4, 0.5) is 22.0 Å². The minimum absolute atomic E-state index is 0.0378. The van der Waals surface area contributed by atoms with Crippen LogP contribution in [0.2, 0.25) is 0 Å². The Morgan fingerprint density at radius 2 is 1.53 bits per heavy atom. The van der Waals surface area contributed by atoms with Crippen LogP contribution in [0.1, 0.15) is 67.7 Å². The molecular weight excluding hydrogens is 591 g/mol. The fourth-order valence-corrected chi connectivity index (χ4v) is 5.65. The molecule has 246 valence electrons. The summed E-state index contributed by atoms with van der Waals surface area (Å²) in [7, 11) is 1.31. The van der Waals surface area contributed by atoms with Crippen molar-refractivity contribution in [2.45, 2.75) is 103 Å². The molecule has 15 heteroatoms. The van der Waals surface area contributed by atoms with E-state index in [0.29, 0.717) is 19.8 Å². The lowest BCUT2D eigenvalue weighted by Crippen LogP contribution is -2.63. The van der Waals surface area contributed by atoms with Gasteiger partial charge in [0.15, 0.2) is 0 Å². The molecule has 8 atom stereocenters. The molecule has 0 spiro atoms. The van der Waals surface area contributed by atoms with Crippen LogP contribution in [0.5, 0.6) is 0 Å². The third-order valence-corrected chi connectivity index (χ3v) is 9.48. The Morgan fingerprint density at radius 3 is 2.00 bits per heavy atom. The van der Waals surface area contributed by atoms with Crippen LogP contribution in [0.25, 0.3) is 0 Å². The lowest BCUT2D eigenvalue weighted by molar-refractivity contribution is -0.409. The third-order valence-electron chi connectivity index (χ3n) is 9.48. The molecule has 2 aliphatic carbocycles. The quantitative estimate of drug-likeness (QED) is 0.250. The molecule has 4 aliphatic rings. The van der Waals surface area contributed by atoms with Crippen molar-refractivity contribution in [3.8, 4) is 0 Å². The molecule has 2 saturated heterocycles. The van der Waals surface area contributed by atoms with Crippen LogP contribution in [-0.4, -0.2) is 78.4 Å². The Labute approximate surface area is 245 Å². The van der Waals surface area contributed by atoms with Crippen molar-refractivity contribution in [3.63, 3.8) is 0 Å². The van der Waals surface area contributed by atoms with Crippen LogP contribution >= 0.6 is 0 Å². The summed E-state index contributed by atoms with van der Waals surface area (Å²) in [5, 5.41) is 9.18. The van der Waals surface area contributed by atoms with Crippen molar-refractivity contribution < 1.29 is 69.9 Å². The predicted molar refractivity (Wildman–Crippen MR) is 135 cm³/mol. The molecular formula is C28H39F5O10. The number of rotatable bonds is 7. The van der Waals surface area contributed by atoms with Crippen LogP contribution in [-0.2, 0) is 42.9 Å². The highest BCUT2D eigenvalue weighted by Gasteiger charge is 2.83. The maximum atomic E-state index is 14.0. The molecule has 2 bridgehead atoms. The molecule has 1 N–H and O–H groups in total. The first-order chi connectivity index (χ1) is 19.5. The van der Waals surface area contributed by atoms with E-state index in [1.165, 1.54) is 21.0 Å². The number of alkyl halides is 5. The second kappa shape index (κ2) is 11.1. The summed E-state index contributed by atoms with van der Waals surface area (Å²) in [4.78, 5) is 48.3. The van der Waals surface area contributed by atoms with E-state index in [1.54, 1.807) is 6.92 Å². The normalized spacial score (nSPS) is 36.0. The Bertz CT molecular complexity index is 1140. The molecule has 0 aromatic rings.